The zero-order chi connectivity index (χ0) is 16.9. The van der Waals surface area contributed by atoms with Gasteiger partial charge in [-0.3, -0.25) is 9.78 Å². The molecule has 0 saturated carbocycles. The Kier molecular flexibility index (Phi) is 6.57. The number of halogens is 2. The smallest absolute Gasteiger partial charge is 0.307 e. The van der Waals surface area contributed by atoms with Crippen LogP contribution < -0.4 is 0 Å². The normalized spacial score (nSPS) is 10.1. The Morgan fingerprint density at radius 1 is 0.960 bits per heavy atom. The molecule has 1 aromatic heterocycles. The topological polar surface area (TPSA) is 50.2 Å². The van der Waals surface area contributed by atoms with Gasteiger partial charge in [-0.2, -0.15) is 0 Å². The first kappa shape index (κ1) is 19.0. The van der Waals surface area contributed by atoms with Crippen molar-refractivity contribution >= 4 is 30.0 Å². The van der Waals surface area contributed by atoms with Crippen molar-refractivity contribution in [1.29, 1.82) is 0 Å². The summed E-state index contributed by atoms with van der Waals surface area (Å²) in [7, 11) is 0. The molecule has 0 aliphatic carbocycles. The molecule has 2 aromatic carbocycles. The molecule has 0 atom stereocenters. The molecule has 3 aromatic rings. The second-order valence-electron chi connectivity index (χ2n) is 5.62. The van der Waals surface area contributed by atoms with E-state index in [4.69, 9.17) is 16.7 Å². The molecule has 0 spiro atoms. The molecule has 0 aliphatic rings. The number of carboxylic acids is 1. The SMILES string of the molecule is Cl.O=C(O)Cc1ccc(Cc2ccnc(-c3cccc(Cl)c3)c2)cc1. The van der Waals surface area contributed by atoms with Gasteiger partial charge in [-0.15, -0.1) is 12.4 Å². The highest BCUT2D eigenvalue weighted by atomic mass is 35.5. The molecule has 0 saturated heterocycles. The summed E-state index contributed by atoms with van der Waals surface area (Å²) < 4.78 is 0. The van der Waals surface area contributed by atoms with E-state index in [0.29, 0.717) is 5.02 Å². The monoisotopic (exact) mass is 373 g/mol. The Morgan fingerprint density at radius 2 is 1.68 bits per heavy atom. The number of pyridine rings is 1. The Bertz CT molecular complexity index is 864. The van der Waals surface area contributed by atoms with Gasteiger partial charge in [-0.25, -0.2) is 0 Å². The van der Waals surface area contributed by atoms with E-state index in [1.165, 1.54) is 0 Å². The summed E-state index contributed by atoms with van der Waals surface area (Å²) in [5.41, 5.74) is 4.96. The zero-order valence-electron chi connectivity index (χ0n) is 13.4. The van der Waals surface area contributed by atoms with Gasteiger partial charge in [-0.1, -0.05) is 48.0 Å². The van der Waals surface area contributed by atoms with Crippen molar-refractivity contribution in [3.63, 3.8) is 0 Å². The van der Waals surface area contributed by atoms with E-state index >= 15 is 0 Å². The maximum atomic E-state index is 10.7. The third-order valence-electron chi connectivity index (χ3n) is 3.73. The number of nitrogens with zero attached hydrogens (tertiary/aromatic N) is 1. The largest absolute Gasteiger partial charge is 0.481 e. The van der Waals surface area contributed by atoms with Crippen molar-refractivity contribution in [2.75, 3.05) is 0 Å². The summed E-state index contributed by atoms with van der Waals surface area (Å²) in [5.74, 6) is -0.817. The number of carbonyl (C=O) groups is 1. The first-order valence-corrected chi connectivity index (χ1v) is 7.98. The van der Waals surface area contributed by atoms with E-state index in [2.05, 4.69) is 11.1 Å². The molecule has 5 heteroatoms. The van der Waals surface area contributed by atoms with Crippen LogP contribution in [0.4, 0.5) is 0 Å². The molecular weight excluding hydrogens is 357 g/mol. The van der Waals surface area contributed by atoms with Crippen molar-refractivity contribution in [3.8, 4) is 11.3 Å². The lowest BCUT2D eigenvalue weighted by Gasteiger charge is -2.06. The second kappa shape index (κ2) is 8.65. The molecule has 3 nitrogen and oxygen atoms in total. The first-order valence-electron chi connectivity index (χ1n) is 7.60. The van der Waals surface area contributed by atoms with Crippen LogP contribution in [-0.2, 0) is 17.6 Å². The highest BCUT2D eigenvalue weighted by molar-refractivity contribution is 6.30. The Balaban J connectivity index is 0.00000225. The molecule has 128 valence electrons. The average Bonchev–Trinajstić information content (AvgIpc) is 2.56. The maximum Gasteiger partial charge on any atom is 0.307 e. The molecule has 0 amide bonds. The number of hydrogen-bond acceptors (Lipinski definition) is 2. The third kappa shape index (κ3) is 5.31. The van der Waals surface area contributed by atoms with Crippen LogP contribution in [0.15, 0.2) is 66.9 Å². The highest BCUT2D eigenvalue weighted by Gasteiger charge is 2.04. The number of hydrogen-bond donors (Lipinski definition) is 1. The van der Waals surface area contributed by atoms with Gasteiger partial charge >= 0.3 is 5.97 Å². The fourth-order valence-electron chi connectivity index (χ4n) is 2.58. The van der Waals surface area contributed by atoms with E-state index < -0.39 is 5.97 Å². The molecule has 0 fully saturated rings. The van der Waals surface area contributed by atoms with Gasteiger partial charge in [0.05, 0.1) is 12.1 Å². The van der Waals surface area contributed by atoms with Crippen LogP contribution in [-0.4, -0.2) is 16.1 Å². The van der Waals surface area contributed by atoms with Crippen LogP contribution in [0.2, 0.25) is 5.02 Å². The quantitative estimate of drug-likeness (QED) is 0.681. The summed E-state index contributed by atoms with van der Waals surface area (Å²) in [5, 5.41) is 9.50. The van der Waals surface area contributed by atoms with Gasteiger partial charge in [0, 0.05) is 16.8 Å². The molecule has 0 unspecified atom stereocenters. The minimum absolute atomic E-state index is 0. The van der Waals surface area contributed by atoms with Gasteiger partial charge in [0.2, 0.25) is 0 Å². The molecule has 0 aliphatic heterocycles. The summed E-state index contributed by atoms with van der Waals surface area (Å²) in [6, 6.07) is 19.3. The van der Waals surface area contributed by atoms with Crippen LogP contribution in [0.1, 0.15) is 16.7 Å². The molecule has 3 rings (SSSR count). The van der Waals surface area contributed by atoms with E-state index in [1.54, 1.807) is 6.20 Å². The van der Waals surface area contributed by atoms with Crippen LogP contribution in [0.5, 0.6) is 0 Å². The predicted octanol–water partition coefficient (Wildman–Crippen LogP) is 5.04. The van der Waals surface area contributed by atoms with Gasteiger partial charge in [0.25, 0.3) is 0 Å². The summed E-state index contributed by atoms with van der Waals surface area (Å²) >= 11 is 6.05. The lowest BCUT2D eigenvalue weighted by atomic mass is 10.0. The van der Waals surface area contributed by atoms with Crippen molar-refractivity contribution in [2.24, 2.45) is 0 Å². The number of carboxylic acid groups (broad SMARTS) is 1. The lowest BCUT2D eigenvalue weighted by Crippen LogP contribution is -2.00. The minimum Gasteiger partial charge on any atom is -0.481 e. The van der Waals surface area contributed by atoms with Crippen LogP contribution >= 0.6 is 24.0 Å². The molecule has 0 bridgehead atoms. The standard InChI is InChI=1S/C20H16ClNO2.ClH/c21-18-3-1-2-17(13-18)19-11-16(8-9-22-19)10-14-4-6-15(7-5-14)12-20(23)24;/h1-9,11,13H,10,12H2,(H,23,24);1H. The first-order chi connectivity index (χ1) is 11.6. The third-order valence-corrected chi connectivity index (χ3v) is 3.97. The van der Waals surface area contributed by atoms with E-state index in [9.17, 15) is 4.79 Å². The van der Waals surface area contributed by atoms with Crippen molar-refractivity contribution in [2.45, 2.75) is 12.8 Å². The van der Waals surface area contributed by atoms with E-state index in [0.717, 1.165) is 34.4 Å². The van der Waals surface area contributed by atoms with Gasteiger partial charge in [0.1, 0.15) is 0 Å². The Labute approximate surface area is 157 Å². The molecule has 0 radical (unpaired) electrons. The van der Waals surface area contributed by atoms with E-state index in [1.807, 2.05) is 54.6 Å². The summed E-state index contributed by atoms with van der Waals surface area (Å²) in [4.78, 5) is 15.1. The number of aromatic nitrogens is 1. The average molecular weight is 374 g/mol. The van der Waals surface area contributed by atoms with Gasteiger partial charge in [-0.05, 0) is 47.4 Å². The minimum atomic E-state index is -0.817. The molecule has 1 heterocycles. The fourth-order valence-corrected chi connectivity index (χ4v) is 2.77. The highest BCUT2D eigenvalue weighted by Crippen LogP contribution is 2.22. The van der Waals surface area contributed by atoms with Crippen LogP contribution in [0, 0.1) is 0 Å². The number of rotatable bonds is 5. The van der Waals surface area contributed by atoms with Gasteiger partial charge < -0.3 is 5.11 Å². The predicted molar refractivity (Wildman–Crippen MR) is 103 cm³/mol. The molecular formula is C20H17Cl2NO2. The van der Waals surface area contributed by atoms with Crippen molar-refractivity contribution in [3.05, 3.63) is 88.6 Å². The summed E-state index contributed by atoms with van der Waals surface area (Å²) in [6.07, 6.45) is 2.61. The van der Waals surface area contributed by atoms with Gasteiger partial charge in [0.15, 0.2) is 0 Å². The zero-order valence-corrected chi connectivity index (χ0v) is 14.9. The Morgan fingerprint density at radius 3 is 2.36 bits per heavy atom. The number of benzene rings is 2. The lowest BCUT2D eigenvalue weighted by molar-refractivity contribution is -0.136. The van der Waals surface area contributed by atoms with Crippen LogP contribution in [0.3, 0.4) is 0 Å². The van der Waals surface area contributed by atoms with Crippen molar-refractivity contribution in [1.82, 2.24) is 4.98 Å². The van der Waals surface area contributed by atoms with Crippen LogP contribution in [0.25, 0.3) is 11.3 Å². The second-order valence-corrected chi connectivity index (χ2v) is 6.06. The van der Waals surface area contributed by atoms with E-state index in [-0.39, 0.29) is 18.8 Å². The summed E-state index contributed by atoms with van der Waals surface area (Å²) in [6.45, 7) is 0. The van der Waals surface area contributed by atoms with Crippen molar-refractivity contribution < 1.29 is 9.90 Å². The number of aliphatic carboxylic acids is 1. The molecule has 25 heavy (non-hydrogen) atoms. The maximum absolute atomic E-state index is 10.7. The Hall–Kier alpha value is -2.36. The fraction of sp³-hybridized carbons (Fsp3) is 0.100. The molecule has 1 N–H and O–H groups in total.